The van der Waals surface area contributed by atoms with Gasteiger partial charge in [0.05, 0.1) is 6.10 Å². The molecule has 1 aromatic carbocycles. The van der Waals surface area contributed by atoms with Gasteiger partial charge in [0.1, 0.15) is 0 Å². The first-order valence-electron chi connectivity index (χ1n) is 6.78. The van der Waals surface area contributed by atoms with Gasteiger partial charge in [-0.3, -0.25) is 0 Å². The molecule has 0 fully saturated rings. The number of aromatic nitrogens is 1. The molecule has 3 N–H and O–H groups in total. The number of hydrogen-bond donors (Lipinski definition) is 2. The van der Waals surface area contributed by atoms with Crippen LogP contribution in [0.25, 0.3) is 0 Å². The predicted octanol–water partition coefficient (Wildman–Crippen LogP) is 3.48. The number of anilines is 2. The van der Waals surface area contributed by atoms with Crippen LogP contribution in [0.1, 0.15) is 25.0 Å². The zero-order valence-electron chi connectivity index (χ0n) is 12.1. The monoisotopic (exact) mass is 291 g/mol. The zero-order valence-corrected chi connectivity index (χ0v) is 13.0. The summed E-state index contributed by atoms with van der Waals surface area (Å²) in [6.45, 7) is 6.93. The van der Waals surface area contributed by atoms with Crippen LogP contribution >= 0.6 is 11.5 Å². The average molecular weight is 291 g/mol. The summed E-state index contributed by atoms with van der Waals surface area (Å²) in [7, 11) is 0. The van der Waals surface area contributed by atoms with Crippen LogP contribution in [-0.2, 0) is 6.42 Å². The Morgan fingerprint density at radius 2 is 2.10 bits per heavy atom. The summed E-state index contributed by atoms with van der Waals surface area (Å²) in [5, 5.41) is 4.27. The van der Waals surface area contributed by atoms with E-state index in [0.717, 1.165) is 18.0 Å². The predicted molar refractivity (Wildman–Crippen MR) is 85.7 cm³/mol. The van der Waals surface area contributed by atoms with Gasteiger partial charge in [-0.15, -0.1) is 0 Å². The highest BCUT2D eigenvalue weighted by molar-refractivity contribution is 7.11. The molecule has 2 rings (SSSR count). The Morgan fingerprint density at radius 3 is 2.80 bits per heavy atom. The van der Waals surface area contributed by atoms with Crippen LogP contribution in [0.3, 0.4) is 0 Å². The lowest BCUT2D eigenvalue weighted by atomic mass is 10.1. The number of nitrogen functional groups attached to an aromatic ring is 1. The molecule has 2 aromatic rings. The maximum absolute atomic E-state index is 5.83. The molecular weight excluding hydrogens is 270 g/mol. The van der Waals surface area contributed by atoms with E-state index in [4.69, 9.17) is 10.5 Å². The molecule has 0 aliphatic rings. The molecule has 108 valence electrons. The first-order chi connectivity index (χ1) is 9.58. The van der Waals surface area contributed by atoms with Gasteiger partial charge >= 0.3 is 0 Å². The van der Waals surface area contributed by atoms with Crippen LogP contribution < -0.4 is 15.8 Å². The van der Waals surface area contributed by atoms with Crippen LogP contribution in [0.15, 0.2) is 24.3 Å². The standard InChI is InChI=1S/C15H21N3OS/c1-10(2)19-13-14(16)18-20-15(13)17-9-8-12-7-5-4-6-11(12)3/h4-7,10,17H,8-9H2,1-3H3,(H2,16,18). The Balaban J connectivity index is 1.96. The number of nitrogens with zero attached hydrogens (tertiary/aromatic N) is 1. The second-order valence-corrected chi connectivity index (χ2v) is 5.77. The molecule has 0 radical (unpaired) electrons. The Bertz CT molecular complexity index is 566. The summed E-state index contributed by atoms with van der Waals surface area (Å²) in [5.41, 5.74) is 8.50. The minimum absolute atomic E-state index is 0.0885. The zero-order chi connectivity index (χ0) is 14.5. The molecule has 0 saturated carbocycles. The van der Waals surface area contributed by atoms with Gasteiger partial charge in [0, 0.05) is 6.54 Å². The van der Waals surface area contributed by atoms with Crippen LogP contribution in [0.5, 0.6) is 5.75 Å². The number of nitrogens with one attached hydrogen (secondary N) is 1. The molecule has 1 heterocycles. The number of nitrogens with two attached hydrogens (primary N) is 1. The Kier molecular flexibility index (Phi) is 4.84. The van der Waals surface area contributed by atoms with Crippen molar-refractivity contribution in [3.8, 4) is 5.75 Å². The summed E-state index contributed by atoms with van der Waals surface area (Å²) >= 11 is 1.35. The largest absolute Gasteiger partial charge is 0.484 e. The fourth-order valence-corrected chi connectivity index (χ4v) is 2.63. The molecular formula is C15H21N3OS. The molecule has 0 bridgehead atoms. The molecule has 0 amide bonds. The van der Waals surface area contributed by atoms with E-state index in [1.807, 2.05) is 13.8 Å². The fourth-order valence-electron chi connectivity index (χ4n) is 1.96. The van der Waals surface area contributed by atoms with E-state index in [1.54, 1.807) is 0 Å². The van der Waals surface area contributed by atoms with E-state index < -0.39 is 0 Å². The van der Waals surface area contributed by atoms with Gasteiger partial charge in [-0.2, -0.15) is 4.37 Å². The van der Waals surface area contributed by atoms with Crippen molar-refractivity contribution in [1.82, 2.24) is 4.37 Å². The lowest BCUT2D eigenvalue weighted by Gasteiger charge is -2.12. The van der Waals surface area contributed by atoms with Crippen molar-refractivity contribution in [2.24, 2.45) is 0 Å². The molecule has 0 atom stereocenters. The van der Waals surface area contributed by atoms with E-state index in [1.165, 1.54) is 22.7 Å². The molecule has 1 aromatic heterocycles. The van der Waals surface area contributed by atoms with Gasteiger partial charge in [0.2, 0.25) is 0 Å². The van der Waals surface area contributed by atoms with Crippen molar-refractivity contribution in [3.63, 3.8) is 0 Å². The summed E-state index contributed by atoms with van der Waals surface area (Å²) in [5.74, 6) is 1.14. The third-order valence-electron chi connectivity index (χ3n) is 2.97. The van der Waals surface area contributed by atoms with E-state index >= 15 is 0 Å². The second kappa shape index (κ2) is 6.61. The number of aryl methyl sites for hydroxylation is 1. The van der Waals surface area contributed by atoms with Gasteiger partial charge in [0.15, 0.2) is 16.6 Å². The second-order valence-electron chi connectivity index (χ2n) is 5.00. The molecule has 20 heavy (non-hydrogen) atoms. The van der Waals surface area contributed by atoms with Crippen molar-refractivity contribution in [3.05, 3.63) is 35.4 Å². The summed E-state index contributed by atoms with van der Waals surface area (Å²) in [6, 6.07) is 8.42. The van der Waals surface area contributed by atoms with Gasteiger partial charge < -0.3 is 15.8 Å². The topological polar surface area (TPSA) is 60.2 Å². The highest BCUT2D eigenvalue weighted by Crippen LogP contribution is 2.35. The first kappa shape index (κ1) is 14.7. The molecule has 0 aliphatic carbocycles. The van der Waals surface area contributed by atoms with Crippen molar-refractivity contribution in [1.29, 1.82) is 0 Å². The lowest BCUT2D eigenvalue weighted by molar-refractivity contribution is 0.245. The number of rotatable bonds is 6. The SMILES string of the molecule is Cc1ccccc1CCNc1snc(N)c1OC(C)C. The number of ether oxygens (including phenoxy) is 1. The average Bonchev–Trinajstić information content (AvgIpc) is 2.73. The van der Waals surface area contributed by atoms with Crippen LogP contribution in [0.2, 0.25) is 0 Å². The van der Waals surface area contributed by atoms with E-state index in [-0.39, 0.29) is 6.10 Å². The minimum Gasteiger partial charge on any atom is -0.484 e. The smallest absolute Gasteiger partial charge is 0.197 e. The first-order valence-corrected chi connectivity index (χ1v) is 7.55. The van der Waals surface area contributed by atoms with Gasteiger partial charge in [-0.25, -0.2) is 0 Å². The van der Waals surface area contributed by atoms with Crippen molar-refractivity contribution < 1.29 is 4.74 Å². The van der Waals surface area contributed by atoms with Crippen molar-refractivity contribution in [2.75, 3.05) is 17.6 Å². The fraction of sp³-hybridized carbons (Fsp3) is 0.400. The Labute approximate surface area is 124 Å². The summed E-state index contributed by atoms with van der Waals surface area (Å²) < 4.78 is 9.85. The van der Waals surface area contributed by atoms with Gasteiger partial charge in [0.25, 0.3) is 0 Å². The van der Waals surface area contributed by atoms with Crippen LogP contribution in [0.4, 0.5) is 10.8 Å². The molecule has 0 spiro atoms. The third kappa shape index (κ3) is 3.63. The highest BCUT2D eigenvalue weighted by Gasteiger charge is 2.14. The van der Waals surface area contributed by atoms with E-state index in [9.17, 15) is 0 Å². The molecule has 4 nitrogen and oxygen atoms in total. The highest BCUT2D eigenvalue weighted by atomic mass is 32.1. The number of benzene rings is 1. The van der Waals surface area contributed by atoms with Crippen molar-refractivity contribution in [2.45, 2.75) is 33.3 Å². The van der Waals surface area contributed by atoms with Crippen LogP contribution in [0, 0.1) is 6.92 Å². The lowest BCUT2D eigenvalue weighted by Crippen LogP contribution is -2.10. The Morgan fingerprint density at radius 1 is 1.35 bits per heavy atom. The summed E-state index contributed by atoms with van der Waals surface area (Å²) in [6.07, 6.45) is 1.05. The van der Waals surface area contributed by atoms with Gasteiger partial charge in [-0.05, 0) is 49.9 Å². The van der Waals surface area contributed by atoms with E-state index in [0.29, 0.717) is 11.6 Å². The molecule has 0 unspecified atom stereocenters. The third-order valence-corrected chi connectivity index (χ3v) is 3.77. The maximum Gasteiger partial charge on any atom is 0.197 e. The van der Waals surface area contributed by atoms with E-state index in [2.05, 4.69) is 40.9 Å². The maximum atomic E-state index is 5.83. The summed E-state index contributed by atoms with van der Waals surface area (Å²) in [4.78, 5) is 0. The molecule has 5 heteroatoms. The number of hydrogen-bond acceptors (Lipinski definition) is 5. The minimum atomic E-state index is 0.0885. The Hall–Kier alpha value is -1.75. The van der Waals surface area contributed by atoms with Crippen LogP contribution in [-0.4, -0.2) is 17.0 Å². The molecule has 0 aliphatic heterocycles. The normalized spacial score (nSPS) is 10.8. The quantitative estimate of drug-likeness (QED) is 0.855. The molecule has 0 saturated heterocycles. The van der Waals surface area contributed by atoms with Crippen molar-refractivity contribution >= 4 is 22.4 Å². The van der Waals surface area contributed by atoms with Gasteiger partial charge in [-0.1, -0.05) is 24.3 Å².